The van der Waals surface area contributed by atoms with E-state index in [0.717, 1.165) is 12.5 Å². The third-order valence-corrected chi connectivity index (χ3v) is 2.03. The Hall–Kier alpha value is -0.0800. The molecule has 0 aliphatic carbocycles. The Bertz CT molecular complexity index is 96.4. The zero-order chi connectivity index (χ0) is 9.72. The normalized spacial score (nSPS) is 14.8. The van der Waals surface area contributed by atoms with E-state index in [-0.39, 0.29) is 0 Å². The molecule has 0 aliphatic heterocycles. The summed E-state index contributed by atoms with van der Waals surface area (Å²) in [6.07, 6.45) is 0. The first-order valence-electron chi connectivity index (χ1n) is 4.78. The first-order chi connectivity index (χ1) is 5.43. The van der Waals surface area contributed by atoms with Crippen LogP contribution in [0.5, 0.6) is 0 Å². The summed E-state index contributed by atoms with van der Waals surface area (Å²) in [7, 11) is 6.45. The summed E-state index contributed by atoms with van der Waals surface area (Å²) in [4.78, 5) is 4.66. The van der Waals surface area contributed by atoms with Gasteiger partial charge >= 0.3 is 0 Å². The number of hydrogen-bond donors (Lipinski definition) is 0. The minimum atomic E-state index is 0.655. The van der Waals surface area contributed by atoms with Gasteiger partial charge in [-0.3, -0.25) is 0 Å². The lowest BCUT2D eigenvalue weighted by molar-refractivity contribution is 0.191. The summed E-state index contributed by atoms with van der Waals surface area (Å²) >= 11 is 0. The predicted octanol–water partition coefficient (Wildman–Crippen LogP) is 1.52. The highest BCUT2D eigenvalue weighted by molar-refractivity contribution is 4.66. The molecule has 0 amide bonds. The van der Waals surface area contributed by atoms with E-state index in [9.17, 15) is 0 Å². The van der Waals surface area contributed by atoms with Gasteiger partial charge in [-0.2, -0.15) is 0 Å². The van der Waals surface area contributed by atoms with Crippen molar-refractivity contribution in [3.8, 4) is 0 Å². The highest BCUT2D eigenvalue weighted by Gasteiger charge is 2.10. The second-order valence-electron chi connectivity index (χ2n) is 4.44. The number of hydrogen-bond acceptors (Lipinski definition) is 2. The van der Waals surface area contributed by atoms with Gasteiger partial charge in [-0.25, -0.2) is 0 Å². The lowest BCUT2D eigenvalue weighted by Gasteiger charge is -2.28. The molecule has 0 N–H and O–H groups in total. The first-order valence-corrected chi connectivity index (χ1v) is 4.78. The maximum Gasteiger partial charge on any atom is 0.0191 e. The molecular weight excluding hydrogens is 148 g/mol. The molecular formula is C10H24N2. The molecule has 0 fully saturated rings. The Morgan fingerprint density at radius 2 is 1.42 bits per heavy atom. The van der Waals surface area contributed by atoms with Crippen LogP contribution in [0.15, 0.2) is 0 Å². The van der Waals surface area contributed by atoms with Crippen molar-refractivity contribution >= 4 is 0 Å². The van der Waals surface area contributed by atoms with Crippen LogP contribution in [0.2, 0.25) is 0 Å². The van der Waals surface area contributed by atoms with Gasteiger partial charge in [0.2, 0.25) is 0 Å². The Balaban J connectivity index is 3.68. The Morgan fingerprint density at radius 1 is 0.917 bits per heavy atom. The van der Waals surface area contributed by atoms with Crippen LogP contribution in [0.3, 0.4) is 0 Å². The molecule has 2 heteroatoms. The molecule has 0 aromatic rings. The standard InChI is InChI=1S/C10H24N2/c1-9(2)7-12(6)10(3)8-11(4)5/h9-10H,7-8H2,1-6H3. The smallest absolute Gasteiger partial charge is 0.0191 e. The third-order valence-electron chi connectivity index (χ3n) is 2.03. The fraction of sp³-hybridized carbons (Fsp3) is 1.00. The molecule has 0 aromatic heterocycles. The van der Waals surface area contributed by atoms with E-state index in [2.05, 4.69) is 51.7 Å². The van der Waals surface area contributed by atoms with E-state index in [1.54, 1.807) is 0 Å². The van der Waals surface area contributed by atoms with Crippen molar-refractivity contribution in [3.63, 3.8) is 0 Å². The lowest BCUT2D eigenvalue weighted by atomic mass is 10.2. The summed E-state index contributed by atoms with van der Waals surface area (Å²) in [5.41, 5.74) is 0. The van der Waals surface area contributed by atoms with Gasteiger partial charge in [0, 0.05) is 19.1 Å². The highest BCUT2D eigenvalue weighted by atomic mass is 15.2. The Morgan fingerprint density at radius 3 is 1.75 bits per heavy atom. The Labute approximate surface area is 77.5 Å². The van der Waals surface area contributed by atoms with Crippen molar-refractivity contribution in [1.82, 2.24) is 9.80 Å². The van der Waals surface area contributed by atoms with Crippen molar-refractivity contribution < 1.29 is 0 Å². The van der Waals surface area contributed by atoms with E-state index < -0.39 is 0 Å². The average molecular weight is 172 g/mol. The molecule has 0 spiro atoms. The monoisotopic (exact) mass is 172 g/mol. The van der Waals surface area contributed by atoms with E-state index >= 15 is 0 Å². The van der Waals surface area contributed by atoms with Gasteiger partial charge in [0.25, 0.3) is 0 Å². The molecule has 1 atom stereocenters. The van der Waals surface area contributed by atoms with Gasteiger partial charge in [0.1, 0.15) is 0 Å². The number of rotatable bonds is 5. The zero-order valence-electron chi connectivity index (χ0n) is 9.46. The SMILES string of the molecule is CC(C)CN(C)C(C)CN(C)C. The molecule has 74 valence electrons. The third kappa shape index (κ3) is 5.56. The van der Waals surface area contributed by atoms with Crippen LogP contribution in [-0.2, 0) is 0 Å². The topological polar surface area (TPSA) is 6.48 Å². The van der Waals surface area contributed by atoms with Crippen LogP contribution >= 0.6 is 0 Å². The molecule has 0 rings (SSSR count). The van der Waals surface area contributed by atoms with E-state index in [4.69, 9.17) is 0 Å². The highest BCUT2D eigenvalue weighted by Crippen LogP contribution is 2.01. The van der Waals surface area contributed by atoms with Crippen LogP contribution in [0.25, 0.3) is 0 Å². The van der Waals surface area contributed by atoms with Crippen molar-refractivity contribution in [3.05, 3.63) is 0 Å². The maximum absolute atomic E-state index is 2.42. The van der Waals surface area contributed by atoms with Gasteiger partial charge in [-0.05, 0) is 34.0 Å². The first kappa shape index (κ1) is 11.9. The molecule has 0 heterocycles. The number of nitrogens with zero attached hydrogens (tertiary/aromatic N) is 2. The van der Waals surface area contributed by atoms with Crippen LogP contribution in [0.4, 0.5) is 0 Å². The van der Waals surface area contributed by atoms with E-state index in [1.165, 1.54) is 6.54 Å². The molecule has 0 bridgehead atoms. The Kier molecular flexibility index (Phi) is 5.51. The minimum absolute atomic E-state index is 0.655. The zero-order valence-corrected chi connectivity index (χ0v) is 9.46. The van der Waals surface area contributed by atoms with Crippen LogP contribution in [0, 0.1) is 5.92 Å². The van der Waals surface area contributed by atoms with Gasteiger partial charge in [-0.1, -0.05) is 13.8 Å². The second kappa shape index (κ2) is 5.55. The summed E-state index contributed by atoms with van der Waals surface area (Å²) in [5.74, 6) is 0.764. The van der Waals surface area contributed by atoms with Crippen LogP contribution in [-0.4, -0.2) is 50.1 Å². The van der Waals surface area contributed by atoms with Gasteiger partial charge in [-0.15, -0.1) is 0 Å². The van der Waals surface area contributed by atoms with Crippen LogP contribution in [0.1, 0.15) is 20.8 Å². The summed E-state index contributed by atoms with van der Waals surface area (Å²) in [6, 6.07) is 0.655. The van der Waals surface area contributed by atoms with Crippen molar-refractivity contribution in [2.75, 3.05) is 34.2 Å². The lowest BCUT2D eigenvalue weighted by Crippen LogP contribution is -2.39. The quantitative estimate of drug-likeness (QED) is 0.620. The molecule has 1 unspecified atom stereocenters. The molecule has 0 aromatic carbocycles. The van der Waals surface area contributed by atoms with Crippen molar-refractivity contribution in [2.45, 2.75) is 26.8 Å². The molecule has 0 radical (unpaired) electrons. The predicted molar refractivity (Wildman–Crippen MR) is 55.5 cm³/mol. The van der Waals surface area contributed by atoms with Crippen LogP contribution < -0.4 is 0 Å². The molecule has 0 saturated heterocycles. The molecule has 0 aliphatic rings. The minimum Gasteiger partial charge on any atom is -0.308 e. The molecule has 12 heavy (non-hydrogen) atoms. The van der Waals surface area contributed by atoms with Crippen molar-refractivity contribution in [1.29, 1.82) is 0 Å². The molecule has 2 nitrogen and oxygen atoms in total. The summed E-state index contributed by atoms with van der Waals surface area (Å²) < 4.78 is 0. The van der Waals surface area contributed by atoms with Crippen molar-refractivity contribution in [2.24, 2.45) is 5.92 Å². The maximum atomic E-state index is 2.42. The largest absolute Gasteiger partial charge is 0.308 e. The second-order valence-corrected chi connectivity index (χ2v) is 4.44. The fourth-order valence-electron chi connectivity index (χ4n) is 1.42. The number of likely N-dealkylation sites (N-methyl/N-ethyl adjacent to an activating group) is 2. The summed E-state index contributed by atoms with van der Waals surface area (Å²) in [6.45, 7) is 9.14. The summed E-state index contributed by atoms with van der Waals surface area (Å²) in [5, 5.41) is 0. The van der Waals surface area contributed by atoms with E-state index in [1.807, 2.05) is 0 Å². The van der Waals surface area contributed by atoms with E-state index in [0.29, 0.717) is 6.04 Å². The van der Waals surface area contributed by atoms with Gasteiger partial charge < -0.3 is 9.80 Å². The molecule has 0 saturated carbocycles. The van der Waals surface area contributed by atoms with Gasteiger partial charge in [0.15, 0.2) is 0 Å². The average Bonchev–Trinajstić information content (AvgIpc) is 1.84. The fourth-order valence-corrected chi connectivity index (χ4v) is 1.42. The van der Waals surface area contributed by atoms with Gasteiger partial charge in [0.05, 0.1) is 0 Å².